The second-order valence-corrected chi connectivity index (χ2v) is 7.33. The zero-order chi connectivity index (χ0) is 17.5. The third kappa shape index (κ3) is 5.48. The van der Waals surface area contributed by atoms with E-state index < -0.39 is 0 Å². The van der Waals surface area contributed by atoms with E-state index in [1.54, 1.807) is 0 Å². The first kappa shape index (κ1) is 17.8. The standard InChI is InChI=1S/C20H29N3O2/c24-19(15-16-7-3-1-4-8-16)21-18-11-13-23(14-12-18)20(25)22-17-9-5-2-6-10-17/h2,5-6,9-10,16,18H,1,3-4,7-8,11-15H2,(H,21,24)(H,22,25). The average Bonchev–Trinajstić information content (AvgIpc) is 2.64. The van der Waals surface area contributed by atoms with E-state index in [0.29, 0.717) is 25.4 Å². The van der Waals surface area contributed by atoms with Gasteiger partial charge in [-0.15, -0.1) is 0 Å². The first-order chi connectivity index (χ1) is 12.2. The molecule has 1 saturated heterocycles. The Bertz CT molecular complexity index is 562. The minimum absolute atomic E-state index is 0.0572. The molecule has 1 aromatic rings. The van der Waals surface area contributed by atoms with Crippen LogP contribution in [0.2, 0.25) is 0 Å². The molecule has 25 heavy (non-hydrogen) atoms. The molecule has 136 valence electrons. The van der Waals surface area contributed by atoms with Gasteiger partial charge in [0.25, 0.3) is 0 Å². The summed E-state index contributed by atoms with van der Waals surface area (Å²) in [7, 11) is 0. The second kappa shape index (κ2) is 8.88. The molecule has 0 spiro atoms. The Morgan fingerprint density at radius 2 is 1.64 bits per heavy atom. The SMILES string of the molecule is O=C(CC1CCCCC1)NC1CCN(C(=O)Nc2ccccc2)CC1. The third-order valence-corrected chi connectivity index (χ3v) is 5.37. The number of piperidine rings is 1. The van der Waals surface area contributed by atoms with Crippen molar-refractivity contribution in [2.24, 2.45) is 5.92 Å². The van der Waals surface area contributed by atoms with E-state index in [4.69, 9.17) is 0 Å². The molecule has 0 bridgehead atoms. The zero-order valence-corrected chi connectivity index (χ0v) is 14.9. The van der Waals surface area contributed by atoms with Crippen LogP contribution in [0.5, 0.6) is 0 Å². The van der Waals surface area contributed by atoms with Crippen LogP contribution in [0.4, 0.5) is 10.5 Å². The summed E-state index contributed by atoms with van der Waals surface area (Å²) in [6, 6.07) is 9.66. The van der Waals surface area contributed by atoms with Crippen LogP contribution in [-0.2, 0) is 4.79 Å². The highest BCUT2D eigenvalue weighted by Crippen LogP contribution is 2.26. The molecular formula is C20H29N3O2. The number of benzene rings is 1. The number of anilines is 1. The Morgan fingerprint density at radius 1 is 0.960 bits per heavy atom. The molecule has 0 aromatic heterocycles. The van der Waals surface area contributed by atoms with Crippen LogP contribution >= 0.6 is 0 Å². The lowest BCUT2D eigenvalue weighted by Crippen LogP contribution is -2.48. The highest BCUT2D eigenvalue weighted by molar-refractivity contribution is 5.89. The molecule has 0 atom stereocenters. The van der Waals surface area contributed by atoms with Crippen molar-refractivity contribution in [2.75, 3.05) is 18.4 Å². The molecule has 1 aromatic carbocycles. The van der Waals surface area contributed by atoms with Gasteiger partial charge >= 0.3 is 6.03 Å². The summed E-state index contributed by atoms with van der Waals surface area (Å²) < 4.78 is 0. The Morgan fingerprint density at radius 3 is 2.32 bits per heavy atom. The van der Waals surface area contributed by atoms with Gasteiger partial charge < -0.3 is 15.5 Å². The smallest absolute Gasteiger partial charge is 0.321 e. The normalized spacial score (nSPS) is 19.4. The molecular weight excluding hydrogens is 314 g/mol. The van der Waals surface area contributed by atoms with Crippen molar-refractivity contribution in [3.8, 4) is 0 Å². The Labute approximate surface area is 150 Å². The van der Waals surface area contributed by atoms with E-state index in [1.807, 2.05) is 35.2 Å². The number of hydrogen-bond acceptors (Lipinski definition) is 2. The van der Waals surface area contributed by atoms with Gasteiger partial charge in [-0.3, -0.25) is 4.79 Å². The van der Waals surface area contributed by atoms with Crippen LogP contribution in [0.25, 0.3) is 0 Å². The van der Waals surface area contributed by atoms with Crippen LogP contribution in [0, 0.1) is 5.92 Å². The summed E-state index contributed by atoms with van der Waals surface area (Å²) in [6.07, 6.45) is 8.60. The van der Waals surface area contributed by atoms with Crippen molar-refractivity contribution in [1.29, 1.82) is 0 Å². The van der Waals surface area contributed by atoms with E-state index >= 15 is 0 Å². The van der Waals surface area contributed by atoms with Crippen molar-refractivity contribution in [3.63, 3.8) is 0 Å². The summed E-state index contributed by atoms with van der Waals surface area (Å²) in [6.45, 7) is 1.38. The molecule has 0 radical (unpaired) electrons. The number of rotatable bonds is 4. The number of nitrogens with one attached hydrogen (secondary N) is 2. The van der Waals surface area contributed by atoms with E-state index in [-0.39, 0.29) is 18.0 Å². The van der Waals surface area contributed by atoms with Gasteiger partial charge in [-0.05, 0) is 43.7 Å². The molecule has 1 heterocycles. The van der Waals surface area contributed by atoms with Crippen molar-refractivity contribution in [1.82, 2.24) is 10.2 Å². The fraction of sp³-hybridized carbons (Fsp3) is 0.600. The maximum atomic E-state index is 12.3. The first-order valence-electron chi connectivity index (χ1n) is 9.61. The number of hydrogen-bond donors (Lipinski definition) is 2. The number of likely N-dealkylation sites (tertiary alicyclic amines) is 1. The molecule has 3 rings (SSSR count). The summed E-state index contributed by atoms with van der Waals surface area (Å²) in [5.74, 6) is 0.768. The Hall–Kier alpha value is -2.04. The number of carbonyl (C=O) groups excluding carboxylic acids is 2. The lowest BCUT2D eigenvalue weighted by Gasteiger charge is -2.32. The summed E-state index contributed by atoms with van der Waals surface area (Å²) >= 11 is 0. The van der Waals surface area contributed by atoms with Gasteiger partial charge in [0.1, 0.15) is 0 Å². The van der Waals surface area contributed by atoms with Gasteiger partial charge in [0, 0.05) is 31.2 Å². The lowest BCUT2D eigenvalue weighted by atomic mass is 9.86. The van der Waals surface area contributed by atoms with E-state index in [0.717, 1.165) is 18.5 Å². The van der Waals surface area contributed by atoms with Crippen molar-refractivity contribution < 1.29 is 9.59 Å². The molecule has 5 nitrogen and oxygen atoms in total. The van der Waals surface area contributed by atoms with Gasteiger partial charge in [-0.1, -0.05) is 37.5 Å². The minimum Gasteiger partial charge on any atom is -0.353 e. The molecule has 2 fully saturated rings. The molecule has 3 amide bonds. The average molecular weight is 343 g/mol. The van der Waals surface area contributed by atoms with Crippen molar-refractivity contribution in [3.05, 3.63) is 30.3 Å². The van der Waals surface area contributed by atoms with E-state index in [9.17, 15) is 9.59 Å². The fourth-order valence-electron chi connectivity index (χ4n) is 3.89. The lowest BCUT2D eigenvalue weighted by molar-refractivity contribution is -0.123. The maximum Gasteiger partial charge on any atom is 0.321 e. The third-order valence-electron chi connectivity index (χ3n) is 5.37. The highest BCUT2D eigenvalue weighted by atomic mass is 16.2. The number of urea groups is 1. The number of para-hydroxylation sites is 1. The molecule has 2 N–H and O–H groups in total. The second-order valence-electron chi connectivity index (χ2n) is 7.33. The Kier molecular flexibility index (Phi) is 6.31. The number of amides is 3. The molecule has 2 aliphatic rings. The fourth-order valence-corrected chi connectivity index (χ4v) is 3.89. The predicted octanol–water partition coefficient (Wildman–Crippen LogP) is 3.77. The molecule has 1 aliphatic heterocycles. The number of carbonyl (C=O) groups is 2. The summed E-state index contributed by atoms with van der Waals surface area (Å²) in [5.41, 5.74) is 0.815. The van der Waals surface area contributed by atoms with Gasteiger partial charge in [0.05, 0.1) is 0 Å². The quantitative estimate of drug-likeness (QED) is 0.874. The van der Waals surface area contributed by atoms with Gasteiger partial charge in [0.15, 0.2) is 0 Å². The largest absolute Gasteiger partial charge is 0.353 e. The van der Waals surface area contributed by atoms with Crippen molar-refractivity contribution >= 4 is 17.6 Å². The molecule has 1 aliphatic carbocycles. The maximum absolute atomic E-state index is 12.3. The monoisotopic (exact) mass is 343 g/mol. The minimum atomic E-state index is -0.0572. The van der Waals surface area contributed by atoms with E-state index in [2.05, 4.69) is 10.6 Å². The molecule has 0 unspecified atom stereocenters. The predicted molar refractivity (Wildman–Crippen MR) is 99.4 cm³/mol. The van der Waals surface area contributed by atoms with Crippen LogP contribution < -0.4 is 10.6 Å². The molecule has 1 saturated carbocycles. The number of nitrogens with zero attached hydrogens (tertiary/aromatic N) is 1. The van der Waals surface area contributed by atoms with Crippen LogP contribution in [0.1, 0.15) is 51.4 Å². The van der Waals surface area contributed by atoms with Gasteiger partial charge in [-0.25, -0.2) is 4.79 Å². The molecule has 5 heteroatoms. The first-order valence-corrected chi connectivity index (χ1v) is 9.61. The van der Waals surface area contributed by atoms with Gasteiger partial charge in [0.2, 0.25) is 5.91 Å². The zero-order valence-electron chi connectivity index (χ0n) is 14.9. The summed E-state index contributed by atoms with van der Waals surface area (Å²) in [4.78, 5) is 26.3. The van der Waals surface area contributed by atoms with Crippen LogP contribution in [0.15, 0.2) is 30.3 Å². The topological polar surface area (TPSA) is 61.4 Å². The highest BCUT2D eigenvalue weighted by Gasteiger charge is 2.25. The van der Waals surface area contributed by atoms with E-state index in [1.165, 1.54) is 32.1 Å². The van der Waals surface area contributed by atoms with Crippen LogP contribution in [-0.4, -0.2) is 36.0 Å². The van der Waals surface area contributed by atoms with Crippen molar-refractivity contribution in [2.45, 2.75) is 57.4 Å². The van der Waals surface area contributed by atoms with Crippen LogP contribution in [0.3, 0.4) is 0 Å². The summed E-state index contributed by atoms with van der Waals surface area (Å²) in [5, 5.41) is 6.10. The van der Waals surface area contributed by atoms with Gasteiger partial charge in [-0.2, -0.15) is 0 Å². The Balaban J connectivity index is 1.37.